The Hall–Kier alpha value is -1.54. The summed E-state index contributed by atoms with van der Waals surface area (Å²) in [6.07, 6.45) is 1.57. The van der Waals surface area contributed by atoms with Crippen molar-refractivity contribution in [2.75, 3.05) is 40.0 Å². The third-order valence-corrected chi connectivity index (χ3v) is 3.46. The van der Waals surface area contributed by atoms with Crippen LogP contribution in [0.25, 0.3) is 0 Å². The molecule has 114 valence electrons. The Labute approximate surface area is 126 Å². The molecule has 0 saturated carbocycles. The van der Waals surface area contributed by atoms with E-state index in [0.29, 0.717) is 6.42 Å². The lowest BCUT2D eigenvalue weighted by Gasteiger charge is -2.20. The first-order valence-corrected chi connectivity index (χ1v) is 7.40. The summed E-state index contributed by atoms with van der Waals surface area (Å²) in [5.74, 6) is 6.93. The zero-order valence-electron chi connectivity index (χ0n) is 12.6. The second-order valence-electron chi connectivity index (χ2n) is 5.04. The molecule has 0 bridgehead atoms. The van der Waals surface area contributed by atoms with Gasteiger partial charge in [-0.15, -0.1) is 0 Å². The fourth-order valence-corrected chi connectivity index (χ4v) is 2.40. The molecular formula is C17H23NO3. The van der Waals surface area contributed by atoms with E-state index in [1.807, 2.05) is 12.1 Å². The predicted molar refractivity (Wildman–Crippen MR) is 82.3 cm³/mol. The number of rotatable bonds is 4. The molecule has 0 aromatic heterocycles. The van der Waals surface area contributed by atoms with Crippen LogP contribution in [0, 0.1) is 11.8 Å². The van der Waals surface area contributed by atoms with Crippen LogP contribution in [0.2, 0.25) is 0 Å². The molecule has 1 heterocycles. The van der Waals surface area contributed by atoms with E-state index in [1.54, 1.807) is 7.11 Å². The van der Waals surface area contributed by atoms with Gasteiger partial charge in [0.05, 0.1) is 20.3 Å². The van der Waals surface area contributed by atoms with Gasteiger partial charge in [0.25, 0.3) is 0 Å². The number of hydrogen-bond donors (Lipinski definition) is 1. The predicted octanol–water partition coefficient (Wildman–Crippen LogP) is 1.65. The van der Waals surface area contributed by atoms with E-state index in [1.165, 1.54) is 0 Å². The zero-order valence-corrected chi connectivity index (χ0v) is 12.6. The van der Waals surface area contributed by atoms with Crippen LogP contribution in [-0.2, 0) is 11.3 Å². The average Bonchev–Trinajstić information content (AvgIpc) is 2.77. The molecule has 1 aliphatic rings. The van der Waals surface area contributed by atoms with Crippen molar-refractivity contribution in [2.24, 2.45) is 0 Å². The van der Waals surface area contributed by atoms with Gasteiger partial charge in [-0.1, -0.05) is 11.8 Å². The van der Waals surface area contributed by atoms with E-state index in [-0.39, 0.29) is 6.61 Å². The highest BCUT2D eigenvalue weighted by molar-refractivity contribution is 5.44. The number of hydrogen-bond acceptors (Lipinski definition) is 4. The molecule has 1 aliphatic heterocycles. The van der Waals surface area contributed by atoms with E-state index in [2.05, 4.69) is 22.8 Å². The summed E-state index contributed by atoms with van der Waals surface area (Å²) in [6, 6.07) is 6.00. The van der Waals surface area contributed by atoms with Crippen LogP contribution < -0.4 is 4.74 Å². The Balaban J connectivity index is 2.11. The van der Waals surface area contributed by atoms with Crippen LogP contribution in [0.5, 0.6) is 5.75 Å². The molecule has 2 rings (SSSR count). The molecule has 0 radical (unpaired) electrons. The molecule has 1 fully saturated rings. The Morgan fingerprint density at radius 1 is 1.33 bits per heavy atom. The third kappa shape index (κ3) is 5.05. The van der Waals surface area contributed by atoms with E-state index < -0.39 is 0 Å². The number of aliphatic hydroxyl groups is 1. The number of aliphatic hydroxyl groups excluding tert-OH is 1. The lowest BCUT2D eigenvalue weighted by atomic mass is 10.1. The van der Waals surface area contributed by atoms with Crippen molar-refractivity contribution in [2.45, 2.75) is 19.4 Å². The van der Waals surface area contributed by atoms with Crippen LogP contribution >= 0.6 is 0 Å². The molecule has 1 saturated heterocycles. The van der Waals surface area contributed by atoms with Gasteiger partial charge in [-0.05, 0) is 24.6 Å². The van der Waals surface area contributed by atoms with Crippen molar-refractivity contribution in [3.8, 4) is 17.6 Å². The Morgan fingerprint density at radius 3 is 3.05 bits per heavy atom. The summed E-state index contributed by atoms with van der Waals surface area (Å²) >= 11 is 0. The molecule has 21 heavy (non-hydrogen) atoms. The highest BCUT2D eigenvalue weighted by Gasteiger charge is 2.12. The lowest BCUT2D eigenvalue weighted by Crippen LogP contribution is -2.26. The summed E-state index contributed by atoms with van der Waals surface area (Å²) < 4.78 is 10.9. The van der Waals surface area contributed by atoms with Crippen molar-refractivity contribution in [3.05, 3.63) is 29.3 Å². The molecule has 0 unspecified atom stereocenters. The number of benzene rings is 1. The molecule has 0 aliphatic carbocycles. The summed E-state index contributed by atoms with van der Waals surface area (Å²) in [5, 5.41) is 8.78. The molecule has 1 aromatic rings. The molecule has 4 nitrogen and oxygen atoms in total. The summed E-state index contributed by atoms with van der Waals surface area (Å²) in [6.45, 7) is 4.58. The maximum atomic E-state index is 8.78. The normalized spacial score (nSPS) is 15.9. The van der Waals surface area contributed by atoms with Gasteiger partial charge in [0, 0.05) is 43.8 Å². The van der Waals surface area contributed by atoms with Gasteiger partial charge in [0.15, 0.2) is 0 Å². The first kappa shape index (κ1) is 15.8. The number of ether oxygens (including phenoxy) is 2. The fraction of sp³-hybridized carbons (Fsp3) is 0.529. The minimum absolute atomic E-state index is 0.101. The highest BCUT2D eigenvalue weighted by Crippen LogP contribution is 2.22. The van der Waals surface area contributed by atoms with E-state index >= 15 is 0 Å². The van der Waals surface area contributed by atoms with Gasteiger partial charge in [-0.3, -0.25) is 4.90 Å². The second-order valence-corrected chi connectivity index (χ2v) is 5.04. The number of methoxy groups -OCH3 is 1. The second kappa shape index (κ2) is 8.68. The quantitative estimate of drug-likeness (QED) is 0.856. The van der Waals surface area contributed by atoms with Crippen molar-refractivity contribution in [1.29, 1.82) is 0 Å². The van der Waals surface area contributed by atoms with Crippen molar-refractivity contribution < 1.29 is 14.6 Å². The van der Waals surface area contributed by atoms with Gasteiger partial charge in [-0.2, -0.15) is 0 Å². The van der Waals surface area contributed by atoms with Crippen LogP contribution in [-0.4, -0.2) is 50.0 Å². The third-order valence-electron chi connectivity index (χ3n) is 3.46. The SMILES string of the molecule is COc1ccc(C#CCCO)cc1CN1CCCOCC1. The minimum atomic E-state index is 0.101. The smallest absolute Gasteiger partial charge is 0.123 e. The Kier molecular flexibility index (Phi) is 6.55. The van der Waals surface area contributed by atoms with E-state index in [0.717, 1.165) is 56.1 Å². The molecule has 0 spiro atoms. The van der Waals surface area contributed by atoms with Gasteiger partial charge < -0.3 is 14.6 Å². The summed E-state index contributed by atoms with van der Waals surface area (Å²) in [5.41, 5.74) is 2.11. The molecule has 0 amide bonds. The van der Waals surface area contributed by atoms with Crippen molar-refractivity contribution >= 4 is 0 Å². The zero-order chi connectivity index (χ0) is 14.9. The van der Waals surface area contributed by atoms with Crippen molar-refractivity contribution in [3.63, 3.8) is 0 Å². The van der Waals surface area contributed by atoms with Crippen LogP contribution in [0.3, 0.4) is 0 Å². The van der Waals surface area contributed by atoms with Gasteiger partial charge in [0.1, 0.15) is 5.75 Å². The maximum Gasteiger partial charge on any atom is 0.123 e. The standard InChI is InChI=1S/C17H23NO3/c1-20-17-7-6-15(5-2-3-10-19)13-16(17)14-18-8-4-11-21-12-9-18/h6-7,13,19H,3-4,8-12,14H2,1H3. The maximum absolute atomic E-state index is 8.78. The Morgan fingerprint density at radius 2 is 2.24 bits per heavy atom. The molecule has 4 heteroatoms. The van der Waals surface area contributed by atoms with Gasteiger partial charge >= 0.3 is 0 Å². The topological polar surface area (TPSA) is 41.9 Å². The first-order valence-electron chi connectivity index (χ1n) is 7.40. The van der Waals surface area contributed by atoms with E-state index in [4.69, 9.17) is 14.6 Å². The molecular weight excluding hydrogens is 266 g/mol. The lowest BCUT2D eigenvalue weighted by molar-refractivity contribution is 0.140. The largest absolute Gasteiger partial charge is 0.496 e. The monoisotopic (exact) mass is 289 g/mol. The average molecular weight is 289 g/mol. The van der Waals surface area contributed by atoms with Crippen LogP contribution in [0.15, 0.2) is 18.2 Å². The Bertz CT molecular complexity index is 496. The summed E-state index contributed by atoms with van der Waals surface area (Å²) in [4.78, 5) is 2.38. The summed E-state index contributed by atoms with van der Waals surface area (Å²) in [7, 11) is 1.70. The highest BCUT2D eigenvalue weighted by atomic mass is 16.5. The van der Waals surface area contributed by atoms with E-state index in [9.17, 15) is 0 Å². The first-order chi connectivity index (χ1) is 10.3. The van der Waals surface area contributed by atoms with Crippen molar-refractivity contribution in [1.82, 2.24) is 4.90 Å². The molecule has 1 N–H and O–H groups in total. The van der Waals surface area contributed by atoms with Gasteiger partial charge in [0.2, 0.25) is 0 Å². The molecule has 0 atom stereocenters. The molecule has 1 aromatic carbocycles. The number of nitrogens with zero attached hydrogens (tertiary/aromatic N) is 1. The fourth-order valence-electron chi connectivity index (χ4n) is 2.40. The minimum Gasteiger partial charge on any atom is -0.496 e. The van der Waals surface area contributed by atoms with Crippen LogP contribution in [0.1, 0.15) is 24.0 Å². The van der Waals surface area contributed by atoms with Gasteiger partial charge in [-0.25, -0.2) is 0 Å². The van der Waals surface area contributed by atoms with Crippen LogP contribution in [0.4, 0.5) is 0 Å².